The summed E-state index contributed by atoms with van der Waals surface area (Å²) in [6, 6.07) is 7.71. The summed E-state index contributed by atoms with van der Waals surface area (Å²) < 4.78 is 0. The van der Waals surface area contributed by atoms with Gasteiger partial charge in [0.2, 0.25) is 0 Å². The van der Waals surface area contributed by atoms with Crippen molar-refractivity contribution >= 4 is 22.5 Å². The van der Waals surface area contributed by atoms with E-state index in [4.69, 9.17) is 11.6 Å². The van der Waals surface area contributed by atoms with Crippen molar-refractivity contribution < 1.29 is 0 Å². The molecule has 0 aliphatic rings. The summed E-state index contributed by atoms with van der Waals surface area (Å²) in [5.74, 6) is 7.26. The van der Waals surface area contributed by atoms with Gasteiger partial charge in [-0.3, -0.25) is 4.98 Å². The van der Waals surface area contributed by atoms with E-state index in [0.717, 1.165) is 28.8 Å². The van der Waals surface area contributed by atoms with Gasteiger partial charge in [0.15, 0.2) is 0 Å². The van der Waals surface area contributed by atoms with E-state index in [0.29, 0.717) is 5.02 Å². The maximum absolute atomic E-state index is 5.97. The van der Waals surface area contributed by atoms with Gasteiger partial charge in [-0.15, -0.1) is 0 Å². The zero-order valence-corrected chi connectivity index (χ0v) is 12.2. The van der Waals surface area contributed by atoms with Crippen LogP contribution in [0, 0.1) is 17.8 Å². The zero-order chi connectivity index (χ0) is 13.7. The van der Waals surface area contributed by atoms with E-state index in [-0.39, 0.29) is 0 Å². The molecule has 0 N–H and O–H groups in total. The van der Waals surface area contributed by atoms with Crippen molar-refractivity contribution in [3.8, 4) is 11.8 Å². The van der Waals surface area contributed by atoms with Gasteiger partial charge in [0.25, 0.3) is 0 Å². The number of fused-ring (bicyclic) bond motifs is 1. The van der Waals surface area contributed by atoms with Crippen LogP contribution in [0.25, 0.3) is 10.9 Å². The molecule has 1 nitrogen and oxygen atoms in total. The number of hydrogen-bond donors (Lipinski definition) is 0. The molecule has 2 heteroatoms. The van der Waals surface area contributed by atoms with Gasteiger partial charge in [0.1, 0.15) is 0 Å². The topological polar surface area (TPSA) is 12.9 Å². The number of rotatable bonds is 3. The summed E-state index contributed by atoms with van der Waals surface area (Å²) in [7, 11) is 0. The van der Waals surface area contributed by atoms with Crippen LogP contribution in [0.1, 0.15) is 38.7 Å². The first kappa shape index (κ1) is 13.9. The first-order chi connectivity index (χ1) is 9.16. The van der Waals surface area contributed by atoms with Crippen LogP contribution in [-0.2, 0) is 0 Å². The molecule has 0 aliphatic heterocycles. The molecule has 2 aromatic rings. The highest BCUT2D eigenvalue weighted by Gasteiger charge is 2.00. The number of pyridine rings is 1. The molecule has 0 radical (unpaired) electrons. The van der Waals surface area contributed by atoms with Gasteiger partial charge in [-0.25, -0.2) is 0 Å². The van der Waals surface area contributed by atoms with Gasteiger partial charge in [-0.2, -0.15) is 0 Å². The number of hydrogen-bond acceptors (Lipinski definition) is 1. The predicted molar refractivity (Wildman–Crippen MR) is 82.3 cm³/mol. The van der Waals surface area contributed by atoms with Crippen molar-refractivity contribution in [2.45, 2.75) is 33.1 Å². The molecule has 1 aromatic carbocycles. The molecular formula is C17H18ClN. The maximum Gasteiger partial charge on any atom is 0.0729 e. The van der Waals surface area contributed by atoms with E-state index >= 15 is 0 Å². The lowest BCUT2D eigenvalue weighted by Gasteiger charge is -2.01. The van der Waals surface area contributed by atoms with Crippen LogP contribution in [0.15, 0.2) is 30.5 Å². The second-order valence-electron chi connectivity index (χ2n) is 5.11. The highest BCUT2D eigenvalue weighted by Crippen LogP contribution is 2.20. The lowest BCUT2D eigenvalue weighted by atomic mass is 10.1. The van der Waals surface area contributed by atoms with Gasteiger partial charge in [0, 0.05) is 28.6 Å². The molecule has 0 saturated heterocycles. The normalized spacial score (nSPS) is 10.5. The molecule has 0 saturated carbocycles. The Bertz CT molecular complexity index is 620. The molecule has 0 bridgehead atoms. The number of halogens is 1. The molecule has 0 amide bonds. The number of aromatic nitrogens is 1. The first-order valence-corrected chi connectivity index (χ1v) is 7.08. The molecule has 0 unspecified atom stereocenters. The van der Waals surface area contributed by atoms with Crippen molar-refractivity contribution in [3.63, 3.8) is 0 Å². The third-order valence-electron chi connectivity index (χ3n) is 3.01. The molecule has 19 heavy (non-hydrogen) atoms. The third-order valence-corrected chi connectivity index (χ3v) is 3.25. The van der Waals surface area contributed by atoms with Crippen LogP contribution in [-0.4, -0.2) is 4.98 Å². The van der Waals surface area contributed by atoms with Crippen molar-refractivity contribution in [1.82, 2.24) is 4.98 Å². The van der Waals surface area contributed by atoms with Crippen molar-refractivity contribution in [2.24, 2.45) is 5.92 Å². The van der Waals surface area contributed by atoms with E-state index in [1.54, 1.807) is 6.20 Å². The minimum absolute atomic E-state index is 0.710. The molecule has 0 atom stereocenters. The smallest absolute Gasteiger partial charge is 0.0729 e. The Morgan fingerprint density at radius 1 is 1.26 bits per heavy atom. The van der Waals surface area contributed by atoms with Crippen LogP contribution in [0.3, 0.4) is 0 Å². The predicted octanol–water partition coefficient (Wildman–Crippen LogP) is 5.07. The van der Waals surface area contributed by atoms with Crippen LogP contribution in [0.2, 0.25) is 5.02 Å². The number of benzene rings is 1. The lowest BCUT2D eigenvalue weighted by Crippen LogP contribution is -1.86. The molecule has 1 aromatic heterocycles. The number of unbranched alkanes of at least 4 members (excludes halogenated alkanes) is 1. The third kappa shape index (κ3) is 3.98. The summed E-state index contributed by atoms with van der Waals surface area (Å²) in [6.45, 7) is 4.49. The molecule has 0 aliphatic carbocycles. The van der Waals surface area contributed by atoms with E-state index in [9.17, 15) is 0 Å². The van der Waals surface area contributed by atoms with Crippen LogP contribution in [0.4, 0.5) is 0 Å². The lowest BCUT2D eigenvalue weighted by molar-refractivity contribution is 0.563. The van der Waals surface area contributed by atoms with Gasteiger partial charge < -0.3 is 0 Å². The SMILES string of the molecule is CC(C)CCCC#Cc1ccnc2cc(Cl)ccc12. The highest BCUT2D eigenvalue weighted by molar-refractivity contribution is 6.31. The van der Waals surface area contributed by atoms with E-state index in [1.165, 1.54) is 12.8 Å². The zero-order valence-electron chi connectivity index (χ0n) is 11.4. The Kier molecular flexibility index (Phi) is 4.82. The Morgan fingerprint density at radius 3 is 2.89 bits per heavy atom. The minimum Gasteiger partial charge on any atom is -0.256 e. The molecular weight excluding hydrogens is 254 g/mol. The van der Waals surface area contributed by atoms with Crippen molar-refractivity contribution in [2.75, 3.05) is 0 Å². The van der Waals surface area contributed by atoms with Crippen LogP contribution >= 0.6 is 11.6 Å². The molecule has 1 heterocycles. The van der Waals surface area contributed by atoms with Gasteiger partial charge in [0.05, 0.1) is 5.52 Å². The average molecular weight is 272 g/mol. The maximum atomic E-state index is 5.97. The second kappa shape index (κ2) is 6.59. The fourth-order valence-electron chi connectivity index (χ4n) is 1.99. The molecule has 0 spiro atoms. The summed E-state index contributed by atoms with van der Waals surface area (Å²) in [5, 5.41) is 1.78. The summed E-state index contributed by atoms with van der Waals surface area (Å²) in [6.07, 6.45) is 5.15. The minimum atomic E-state index is 0.710. The highest BCUT2D eigenvalue weighted by atomic mass is 35.5. The Morgan fingerprint density at radius 2 is 2.11 bits per heavy atom. The molecule has 0 fully saturated rings. The van der Waals surface area contributed by atoms with Gasteiger partial charge in [-0.1, -0.05) is 49.8 Å². The van der Waals surface area contributed by atoms with Gasteiger partial charge in [-0.05, 0) is 30.5 Å². The summed E-state index contributed by atoms with van der Waals surface area (Å²) in [5.41, 5.74) is 1.94. The summed E-state index contributed by atoms with van der Waals surface area (Å²) in [4.78, 5) is 4.32. The largest absolute Gasteiger partial charge is 0.256 e. The van der Waals surface area contributed by atoms with Crippen molar-refractivity contribution in [1.29, 1.82) is 0 Å². The standard InChI is InChI=1S/C17H18ClN/c1-13(2)6-4-3-5-7-14-10-11-19-17-12-15(18)8-9-16(14)17/h8-13H,3-4,6H2,1-2H3. The van der Waals surface area contributed by atoms with E-state index in [2.05, 4.69) is 30.7 Å². The Hall–Kier alpha value is -1.52. The molecule has 98 valence electrons. The number of nitrogens with zero attached hydrogens (tertiary/aromatic N) is 1. The quantitative estimate of drug-likeness (QED) is 0.561. The second-order valence-corrected chi connectivity index (χ2v) is 5.54. The van der Waals surface area contributed by atoms with Crippen molar-refractivity contribution in [3.05, 3.63) is 41.0 Å². The Labute approximate surface area is 120 Å². The van der Waals surface area contributed by atoms with E-state index in [1.807, 2.05) is 24.3 Å². The fraction of sp³-hybridized carbons (Fsp3) is 0.353. The fourth-order valence-corrected chi connectivity index (χ4v) is 2.15. The van der Waals surface area contributed by atoms with E-state index < -0.39 is 0 Å². The van der Waals surface area contributed by atoms with Crippen LogP contribution < -0.4 is 0 Å². The Balaban J connectivity index is 2.15. The first-order valence-electron chi connectivity index (χ1n) is 6.70. The molecule has 2 rings (SSSR count). The summed E-state index contributed by atoms with van der Waals surface area (Å²) >= 11 is 5.97. The van der Waals surface area contributed by atoms with Gasteiger partial charge >= 0.3 is 0 Å². The average Bonchev–Trinajstić information content (AvgIpc) is 2.37. The van der Waals surface area contributed by atoms with Crippen LogP contribution in [0.5, 0.6) is 0 Å². The monoisotopic (exact) mass is 271 g/mol.